The van der Waals surface area contributed by atoms with E-state index in [1.807, 2.05) is 91.0 Å². The first-order chi connectivity index (χ1) is 17.5. The maximum absolute atomic E-state index is 13.2. The van der Waals surface area contributed by atoms with Crippen molar-refractivity contribution in [3.63, 3.8) is 0 Å². The van der Waals surface area contributed by atoms with Gasteiger partial charge in [-0.05, 0) is 36.0 Å². The van der Waals surface area contributed by atoms with Crippen molar-refractivity contribution in [1.82, 2.24) is 10.6 Å². The number of hydrogen-bond acceptors (Lipinski definition) is 5. The highest BCUT2D eigenvalue weighted by Gasteiger charge is 2.27. The molecule has 0 saturated heterocycles. The number of aryl methyl sites for hydroxylation is 1. The van der Waals surface area contributed by atoms with E-state index in [0.717, 1.165) is 23.1 Å². The summed E-state index contributed by atoms with van der Waals surface area (Å²) in [5, 5.41) is 5.42. The van der Waals surface area contributed by atoms with E-state index in [4.69, 9.17) is 9.47 Å². The summed E-state index contributed by atoms with van der Waals surface area (Å²) in [6, 6.07) is 26.8. The predicted octanol–water partition coefficient (Wildman–Crippen LogP) is 4.20. The van der Waals surface area contributed by atoms with E-state index >= 15 is 0 Å². The number of nitrogens with one attached hydrogen (secondary N) is 2. The van der Waals surface area contributed by atoms with Crippen molar-refractivity contribution in [2.75, 3.05) is 7.11 Å². The second kappa shape index (κ2) is 14.3. The van der Waals surface area contributed by atoms with Crippen molar-refractivity contribution in [2.45, 2.75) is 44.4 Å². The standard InChI is InChI=1S/C29H32N2O5/c1-35-28(33)25(19-11-18-22-12-5-2-6-13-22)30-27(32)26(20-23-14-7-3-8-15-23)31-29(34)36-21-24-16-9-4-10-17-24/h2-10,12-17,25-26H,11,18-21H2,1H3,(H,30,32)(H,31,34)/t25-,26+/m0/s1. The van der Waals surface area contributed by atoms with Gasteiger partial charge in [-0.25, -0.2) is 9.59 Å². The average Bonchev–Trinajstić information content (AvgIpc) is 2.92. The Kier molecular flexibility index (Phi) is 10.5. The topological polar surface area (TPSA) is 93.7 Å². The van der Waals surface area contributed by atoms with Gasteiger partial charge in [0.25, 0.3) is 0 Å². The molecule has 0 aliphatic rings. The molecule has 0 saturated carbocycles. The van der Waals surface area contributed by atoms with Crippen LogP contribution in [0.5, 0.6) is 0 Å². The molecule has 0 heterocycles. The Labute approximate surface area is 211 Å². The molecule has 0 aromatic heterocycles. The van der Waals surface area contributed by atoms with E-state index in [1.54, 1.807) is 0 Å². The van der Waals surface area contributed by atoms with Gasteiger partial charge in [0.2, 0.25) is 5.91 Å². The number of hydrogen-bond donors (Lipinski definition) is 2. The largest absolute Gasteiger partial charge is 0.467 e. The molecule has 36 heavy (non-hydrogen) atoms. The first kappa shape index (κ1) is 26.5. The van der Waals surface area contributed by atoms with Crippen LogP contribution in [0.3, 0.4) is 0 Å². The number of ether oxygens (including phenoxy) is 2. The second-order valence-electron chi connectivity index (χ2n) is 8.41. The molecular weight excluding hydrogens is 456 g/mol. The lowest BCUT2D eigenvalue weighted by Gasteiger charge is -2.22. The zero-order chi connectivity index (χ0) is 25.6. The molecule has 0 aliphatic carbocycles. The predicted molar refractivity (Wildman–Crippen MR) is 137 cm³/mol. The van der Waals surface area contributed by atoms with Crippen molar-refractivity contribution in [1.29, 1.82) is 0 Å². The van der Waals surface area contributed by atoms with Gasteiger partial charge in [0.1, 0.15) is 18.7 Å². The molecule has 7 nitrogen and oxygen atoms in total. The Balaban J connectivity index is 1.63. The molecule has 0 spiro atoms. The van der Waals surface area contributed by atoms with Crippen LogP contribution < -0.4 is 10.6 Å². The molecule has 0 aliphatic heterocycles. The van der Waals surface area contributed by atoms with Gasteiger partial charge < -0.3 is 20.1 Å². The lowest BCUT2D eigenvalue weighted by Crippen LogP contribution is -2.52. The molecular formula is C29H32N2O5. The number of alkyl carbamates (subject to hydrolysis) is 1. The molecule has 3 aromatic rings. The zero-order valence-corrected chi connectivity index (χ0v) is 20.4. The number of benzene rings is 3. The third-order valence-electron chi connectivity index (χ3n) is 5.71. The van der Waals surface area contributed by atoms with Crippen LogP contribution in [0.2, 0.25) is 0 Å². The highest BCUT2D eigenvalue weighted by molar-refractivity contribution is 5.89. The highest BCUT2D eigenvalue weighted by atomic mass is 16.5. The van der Waals surface area contributed by atoms with Crippen molar-refractivity contribution in [3.05, 3.63) is 108 Å². The van der Waals surface area contributed by atoms with Crippen LogP contribution in [-0.4, -0.2) is 37.2 Å². The number of carbonyl (C=O) groups is 3. The lowest BCUT2D eigenvalue weighted by atomic mass is 10.0. The van der Waals surface area contributed by atoms with Crippen LogP contribution >= 0.6 is 0 Å². The van der Waals surface area contributed by atoms with Crippen LogP contribution in [0.15, 0.2) is 91.0 Å². The smallest absolute Gasteiger partial charge is 0.408 e. The first-order valence-corrected chi connectivity index (χ1v) is 12.0. The summed E-state index contributed by atoms with van der Waals surface area (Å²) in [6.45, 7) is 0.0800. The van der Waals surface area contributed by atoms with Gasteiger partial charge in [-0.15, -0.1) is 0 Å². The molecule has 2 amide bonds. The monoisotopic (exact) mass is 488 g/mol. The minimum Gasteiger partial charge on any atom is -0.467 e. The van der Waals surface area contributed by atoms with Gasteiger partial charge in [-0.2, -0.15) is 0 Å². The summed E-state index contributed by atoms with van der Waals surface area (Å²) < 4.78 is 10.2. The summed E-state index contributed by atoms with van der Waals surface area (Å²) in [5.74, 6) is -1.01. The fourth-order valence-electron chi connectivity index (χ4n) is 3.78. The number of carbonyl (C=O) groups excluding carboxylic acids is 3. The summed E-state index contributed by atoms with van der Waals surface area (Å²) in [5.41, 5.74) is 2.85. The van der Waals surface area contributed by atoms with Crippen LogP contribution in [0, 0.1) is 0 Å². The lowest BCUT2D eigenvalue weighted by molar-refractivity contribution is -0.145. The van der Waals surface area contributed by atoms with E-state index in [-0.39, 0.29) is 13.0 Å². The highest BCUT2D eigenvalue weighted by Crippen LogP contribution is 2.10. The molecule has 3 rings (SSSR count). The van der Waals surface area contributed by atoms with Gasteiger partial charge in [0, 0.05) is 6.42 Å². The SMILES string of the molecule is COC(=O)[C@H](CCCc1ccccc1)NC(=O)[C@@H](Cc1ccccc1)NC(=O)OCc1ccccc1. The minimum atomic E-state index is -0.933. The van der Waals surface area contributed by atoms with E-state index in [1.165, 1.54) is 7.11 Å². The van der Waals surface area contributed by atoms with Gasteiger partial charge in [0.15, 0.2) is 0 Å². The number of rotatable bonds is 12. The van der Waals surface area contributed by atoms with Crippen molar-refractivity contribution in [3.8, 4) is 0 Å². The second-order valence-corrected chi connectivity index (χ2v) is 8.41. The Morgan fingerprint density at radius 1 is 0.722 bits per heavy atom. The molecule has 2 N–H and O–H groups in total. The minimum absolute atomic E-state index is 0.0800. The molecule has 3 aromatic carbocycles. The van der Waals surface area contributed by atoms with E-state index in [2.05, 4.69) is 10.6 Å². The van der Waals surface area contributed by atoms with Gasteiger partial charge in [-0.1, -0.05) is 91.0 Å². The van der Waals surface area contributed by atoms with Gasteiger partial charge in [0.05, 0.1) is 7.11 Å². The Morgan fingerprint density at radius 2 is 1.28 bits per heavy atom. The van der Waals surface area contributed by atoms with Crippen LogP contribution in [0.4, 0.5) is 4.79 Å². The Morgan fingerprint density at radius 3 is 1.86 bits per heavy atom. The maximum atomic E-state index is 13.2. The van der Waals surface area contributed by atoms with Gasteiger partial charge in [-0.3, -0.25) is 4.79 Å². The van der Waals surface area contributed by atoms with Crippen LogP contribution in [0.25, 0.3) is 0 Å². The van der Waals surface area contributed by atoms with E-state index in [0.29, 0.717) is 12.8 Å². The fraction of sp³-hybridized carbons (Fsp3) is 0.276. The molecule has 2 atom stereocenters. The molecule has 0 fully saturated rings. The molecule has 188 valence electrons. The van der Waals surface area contributed by atoms with Crippen LogP contribution in [-0.2, 0) is 38.5 Å². The van der Waals surface area contributed by atoms with E-state index < -0.39 is 30.1 Å². The third kappa shape index (κ3) is 8.91. The Bertz CT molecular complexity index is 1090. The van der Waals surface area contributed by atoms with E-state index in [9.17, 15) is 14.4 Å². The van der Waals surface area contributed by atoms with Crippen molar-refractivity contribution < 1.29 is 23.9 Å². The number of methoxy groups -OCH3 is 1. The summed E-state index contributed by atoms with van der Waals surface area (Å²) in [7, 11) is 1.29. The summed E-state index contributed by atoms with van der Waals surface area (Å²) >= 11 is 0. The molecule has 0 bridgehead atoms. The zero-order valence-electron chi connectivity index (χ0n) is 20.4. The molecule has 0 unspecified atom stereocenters. The fourth-order valence-corrected chi connectivity index (χ4v) is 3.78. The maximum Gasteiger partial charge on any atom is 0.408 e. The molecule has 7 heteroatoms. The van der Waals surface area contributed by atoms with Crippen LogP contribution in [0.1, 0.15) is 29.5 Å². The number of amides is 2. The summed E-state index contributed by atoms with van der Waals surface area (Å²) in [4.78, 5) is 38.2. The average molecular weight is 489 g/mol. The third-order valence-corrected chi connectivity index (χ3v) is 5.71. The normalized spacial score (nSPS) is 12.1. The van der Waals surface area contributed by atoms with Crippen molar-refractivity contribution >= 4 is 18.0 Å². The summed E-state index contributed by atoms with van der Waals surface area (Å²) in [6.07, 6.45) is 1.38. The Hall–Kier alpha value is -4.13. The molecule has 0 radical (unpaired) electrons. The first-order valence-electron chi connectivity index (χ1n) is 12.0. The quantitative estimate of drug-likeness (QED) is 0.373. The van der Waals surface area contributed by atoms with Crippen molar-refractivity contribution in [2.24, 2.45) is 0 Å². The number of esters is 1. The van der Waals surface area contributed by atoms with Gasteiger partial charge >= 0.3 is 12.1 Å².